The lowest BCUT2D eigenvalue weighted by Gasteiger charge is -2.36. The SMILES string of the molecule is CC1(C)N=C(N)N=C(N)N1OCc1cccc([N+](=O)[O-])c1. The second-order valence-corrected chi connectivity index (χ2v) is 4.93. The lowest BCUT2D eigenvalue weighted by atomic mass is 10.2. The summed E-state index contributed by atoms with van der Waals surface area (Å²) >= 11 is 0. The third-order valence-corrected chi connectivity index (χ3v) is 2.80. The molecule has 9 nitrogen and oxygen atoms in total. The van der Waals surface area contributed by atoms with E-state index in [1.165, 1.54) is 17.2 Å². The summed E-state index contributed by atoms with van der Waals surface area (Å²) in [6, 6.07) is 6.15. The van der Waals surface area contributed by atoms with Crippen LogP contribution in [-0.4, -0.2) is 27.6 Å². The maximum atomic E-state index is 10.7. The molecule has 0 atom stereocenters. The van der Waals surface area contributed by atoms with Crippen LogP contribution in [0.2, 0.25) is 0 Å². The molecule has 112 valence electrons. The number of guanidine groups is 2. The topological polar surface area (TPSA) is 132 Å². The highest BCUT2D eigenvalue weighted by molar-refractivity contribution is 5.95. The fraction of sp³-hybridized carbons (Fsp3) is 0.333. The average Bonchev–Trinajstić information content (AvgIpc) is 2.36. The first-order valence-electron chi connectivity index (χ1n) is 6.15. The fourth-order valence-corrected chi connectivity index (χ4v) is 1.92. The Morgan fingerprint density at radius 2 is 2.14 bits per heavy atom. The normalized spacial score (nSPS) is 17.1. The highest BCUT2D eigenvalue weighted by atomic mass is 16.7. The zero-order chi connectivity index (χ0) is 15.6. The van der Waals surface area contributed by atoms with Gasteiger partial charge in [-0.1, -0.05) is 12.1 Å². The first-order chi connectivity index (χ1) is 9.79. The van der Waals surface area contributed by atoms with Gasteiger partial charge in [0.1, 0.15) is 6.61 Å². The van der Waals surface area contributed by atoms with E-state index in [1.807, 2.05) is 0 Å². The number of hydrogen-bond donors (Lipinski definition) is 2. The van der Waals surface area contributed by atoms with Gasteiger partial charge in [0, 0.05) is 12.1 Å². The molecule has 2 rings (SSSR count). The van der Waals surface area contributed by atoms with E-state index in [0.717, 1.165) is 0 Å². The summed E-state index contributed by atoms with van der Waals surface area (Å²) in [5.41, 5.74) is 11.1. The number of rotatable bonds is 4. The van der Waals surface area contributed by atoms with Gasteiger partial charge in [0.05, 0.1) is 4.92 Å². The van der Waals surface area contributed by atoms with Crippen molar-refractivity contribution in [2.45, 2.75) is 26.1 Å². The van der Waals surface area contributed by atoms with Gasteiger partial charge in [0.15, 0.2) is 5.66 Å². The van der Waals surface area contributed by atoms with Gasteiger partial charge in [-0.3, -0.25) is 15.0 Å². The second kappa shape index (κ2) is 5.37. The predicted molar refractivity (Wildman–Crippen MR) is 77.0 cm³/mol. The molecule has 1 aliphatic heterocycles. The van der Waals surface area contributed by atoms with Crippen molar-refractivity contribution in [1.82, 2.24) is 5.06 Å². The number of benzene rings is 1. The number of nitro benzene ring substituents is 1. The van der Waals surface area contributed by atoms with Gasteiger partial charge in [-0.15, -0.1) is 0 Å². The van der Waals surface area contributed by atoms with Crippen LogP contribution in [0.5, 0.6) is 0 Å². The van der Waals surface area contributed by atoms with Crippen LogP contribution in [0.3, 0.4) is 0 Å². The monoisotopic (exact) mass is 292 g/mol. The van der Waals surface area contributed by atoms with E-state index < -0.39 is 10.6 Å². The third kappa shape index (κ3) is 3.26. The number of hydrogen-bond acceptors (Lipinski definition) is 8. The Kier molecular flexibility index (Phi) is 3.76. The van der Waals surface area contributed by atoms with E-state index in [0.29, 0.717) is 5.56 Å². The summed E-state index contributed by atoms with van der Waals surface area (Å²) in [4.78, 5) is 23.8. The van der Waals surface area contributed by atoms with Crippen LogP contribution < -0.4 is 11.5 Å². The molecule has 0 fully saturated rings. The van der Waals surface area contributed by atoms with Crippen molar-refractivity contribution in [2.24, 2.45) is 21.5 Å². The Morgan fingerprint density at radius 1 is 1.43 bits per heavy atom. The van der Waals surface area contributed by atoms with Crippen molar-refractivity contribution in [1.29, 1.82) is 0 Å². The molecule has 9 heteroatoms. The maximum absolute atomic E-state index is 10.7. The quantitative estimate of drug-likeness (QED) is 0.620. The molecule has 1 heterocycles. The van der Waals surface area contributed by atoms with E-state index in [4.69, 9.17) is 16.3 Å². The molecule has 0 radical (unpaired) electrons. The molecule has 0 saturated heterocycles. The van der Waals surface area contributed by atoms with Gasteiger partial charge in [-0.2, -0.15) is 10.1 Å². The number of non-ortho nitro benzene ring substituents is 1. The minimum absolute atomic E-state index is 0.00194. The molecule has 21 heavy (non-hydrogen) atoms. The van der Waals surface area contributed by atoms with Crippen LogP contribution in [-0.2, 0) is 11.4 Å². The van der Waals surface area contributed by atoms with E-state index >= 15 is 0 Å². The van der Waals surface area contributed by atoms with Crippen molar-refractivity contribution < 1.29 is 9.76 Å². The van der Waals surface area contributed by atoms with Gasteiger partial charge < -0.3 is 11.5 Å². The summed E-state index contributed by atoms with van der Waals surface area (Å²) in [6.45, 7) is 3.61. The zero-order valence-electron chi connectivity index (χ0n) is 11.7. The van der Waals surface area contributed by atoms with E-state index in [9.17, 15) is 10.1 Å². The Hall–Kier alpha value is -2.68. The van der Waals surface area contributed by atoms with Crippen molar-refractivity contribution >= 4 is 17.6 Å². The highest BCUT2D eigenvalue weighted by Crippen LogP contribution is 2.21. The molecule has 1 aromatic carbocycles. The molecule has 0 bridgehead atoms. The van der Waals surface area contributed by atoms with E-state index in [1.54, 1.807) is 26.0 Å². The van der Waals surface area contributed by atoms with Crippen LogP contribution in [0.1, 0.15) is 19.4 Å². The third-order valence-electron chi connectivity index (χ3n) is 2.80. The molecule has 0 aromatic heterocycles. The lowest BCUT2D eigenvalue weighted by molar-refractivity contribution is -0.385. The molecule has 0 aliphatic carbocycles. The Balaban J connectivity index is 2.11. The number of nitro groups is 1. The van der Waals surface area contributed by atoms with Crippen LogP contribution in [0, 0.1) is 10.1 Å². The van der Waals surface area contributed by atoms with Gasteiger partial charge >= 0.3 is 0 Å². The zero-order valence-corrected chi connectivity index (χ0v) is 11.7. The Morgan fingerprint density at radius 3 is 2.76 bits per heavy atom. The molecule has 0 amide bonds. The predicted octanol–water partition coefficient (Wildman–Crippen LogP) is 0.708. The number of aliphatic imine (C=N–C) groups is 2. The lowest BCUT2D eigenvalue weighted by Crippen LogP contribution is -2.53. The Labute approximate surface area is 121 Å². The van der Waals surface area contributed by atoms with Crippen molar-refractivity contribution in [3.8, 4) is 0 Å². The number of hydroxylamine groups is 2. The first kappa shape index (κ1) is 14.7. The van der Waals surface area contributed by atoms with Crippen molar-refractivity contribution in [3.63, 3.8) is 0 Å². The smallest absolute Gasteiger partial charge is 0.269 e. The standard InChI is InChI=1S/C12H16N6O3/c1-12(2)16-10(13)15-11(14)17(12)21-7-8-4-3-5-9(6-8)18(19)20/h3-6H,7H2,1-2H3,(H4,13,14,15,16). The van der Waals surface area contributed by atoms with Crippen LogP contribution in [0.25, 0.3) is 0 Å². The van der Waals surface area contributed by atoms with Crippen molar-refractivity contribution in [2.75, 3.05) is 0 Å². The van der Waals surface area contributed by atoms with Gasteiger partial charge in [-0.05, 0) is 19.4 Å². The fourth-order valence-electron chi connectivity index (χ4n) is 1.92. The summed E-state index contributed by atoms with van der Waals surface area (Å²) in [5.74, 6) is 0.158. The Bertz CT molecular complexity index is 625. The average molecular weight is 292 g/mol. The summed E-state index contributed by atoms with van der Waals surface area (Å²) in [5, 5.41) is 12.1. The molecule has 0 spiro atoms. The first-order valence-corrected chi connectivity index (χ1v) is 6.15. The van der Waals surface area contributed by atoms with Crippen molar-refractivity contribution in [3.05, 3.63) is 39.9 Å². The van der Waals surface area contributed by atoms with Gasteiger partial charge in [0.2, 0.25) is 11.9 Å². The largest absolute Gasteiger partial charge is 0.368 e. The minimum atomic E-state index is -0.809. The van der Waals surface area contributed by atoms with Crippen LogP contribution >= 0.6 is 0 Å². The van der Waals surface area contributed by atoms with Gasteiger partial charge in [-0.25, -0.2) is 4.99 Å². The van der Waals surface area contributed by atoms with E-state index in [-0.39, 0.29) is 24.2 Å². The molecule has 4 N–H and O–H groups in total. The summed E-state index contributed by atoms with van der Waals surface area (Å²) < 4.78 is 0. The maximum Gasteiger partial charge on any atom is 0.269 e. The summed E-state index contributed by atoms with van der Waals surface area (Å²) in [7, 11) is 0. The molecule has 1 aliphatic rings. The number of nitrogens with two attached hydrogens (primary N) is 2. The second-order valence-electron chi connectivity index (χ2n) is 4.93. The molecular formula is C12H16N6O3. The van der Waals surface area contributed by atoms with Crippen LogP contribution in [0.4, 0.5) is 5.69 Å². The summed E-state index contributed by atoms with van der Waals surface area (Å²) in [6.07, 6.45) is 0. The van der Waals surface area contributed by atoms with Crippen LogP contribution in [0.15, 0.2) is 34.3 Å². The minimum Gasteiger partial charge on any atom is -0.368 e. The molecule has 1 aromatic rings. The van der Waals surface area contributed by atoms with E-state index in [2.05, 4.69) is 9.98 Å². The molecule has 0 saturated carbocycles. The molecular weight excluding hydrogens is 276 g/mol. The molecule has 0 unspecified atom stereocenters. The highest BCUT2D eigenvalue weighted by Gasteiger charge is 2.33. The number of nitrogens with zero attached hydrogens (tertiary/aromatic N) is 4. The van der Waals surface area contributed by atoms with Gasteiger partial charge in [0.25, 0.3) is 5.69 Å².